The number of morpholine rings is 1. The summed E-state index contributed by atoms with van der Waals surface area (Å²) in [6.45, 7) is 5.39. The van der Waals surface area contributed by atoms with Gasteiger partial charge in [-0.05, 0) is 50.9 Å². The zero-order chi connectivity index (χ0) is 17.1. The van der Waals surface area contributed by atoms with Gasteiger partial charge in [0.2, 0.25) is 0 Å². The fourth-order valence-corrected chi connectivity index (χ4v) is 4.34. The molecule has 1 aromatic rings. The number of likely N-dealkylation sites (tertiary alicyclic amines) is 1. The van der Waals surface area contributed by atoms with Gasteiger partial charge < -0.3 is 19.3 Å². The van der Waals surface area contributed by atoms with Crippen LogP contribution in [0.2, 0.25) is 0 Å². The SMILES string of the molecule is O=C(c1cccnc1)N1CCO[C@H]2[C@H](OCCN3CCCC3)CC[C@@H]21. The molecule has 2 saturated heterocycles. The number of rotatable bonds is 5. The van der Waals surface area contributed by atoms with Crippen molar-refractivity contribution >= 4 is 5.91 Å². The van der Waals surface area contributed by atoms with E-state index in [2.05, 4.69) is 9.88 Å². The van der Waals surface area contributed by atoms with Crippen molar-refractivity contribution in [2.75, 3.05) is 39.4 Å². The second kappa shape index (κ2) is 7.81. The van der Waals surface area contributed by atoms with Gasteiger partial charge in [-0.1, -0.05) is 0 Å². The maximum atomic E-state index is 12.8. The number of hydrogen-bond donors (Lipinski definition) is 0. The maximum Gasteiger partial charge on any atom is 0.255 e. The Kier molecular flexibility index (Phi) is 5.29. The molecule has 1 amide bonds. The average Bonchev–Trinajstić information content (AvgIpc) is 3.32. The molecule has 0 bridgehead atoms. The highest BCUT2D eigenvalue weighted by atomic mass is 16.5. The highest BCUT2D eigenvalue weighted by Crippen LogP contribution is 2.33. The Balaban J connectivity index is 1.34. The van der Waals surface area contributed by atoms with E-state index in [4.69, 9.17) is 9.47 Å². The molecular weight excluding hydrogens is 318 g/mol. The summed E-state index contributed by atoms with van der Waals surface area (Å²) in [6.07, 6.45) is 7.98. The molecule has 1 aromatic heterocycles. The molecule has 6 nitrogen and oxygen atoms in total. The van der Waals surface area contributed by atoms with Crippen LogP contribution in [0.15, 0.2) is 24.5 Å². The van der Waals surface area contributed by atoms with Crippen molar-refractivity contribution in [1.82, 2.24) is 14.8 Å². The molecule has 3 fully saturated rings. The molecule has 0 N–H and O–H groups in total. The summed E-state index contributed by atoms with van der Waals surface area (Å²) in [6, 6.07) is 3.77. The Bertz CT molecular complexity index is 577. The van der Waals surface area contributed by atoms with E-state index in [0.717, 1.165) is 26.0 Å². The van der Waals surface area contributed by atoms with Crippen molar-refractivity contribution in [2.45, 2.75) is 43.9 Å². The first-order chi connectivity index (χ1) is 12.3. The monoisotopic (exact) mass is 345 g/mol. The van der Waals surface area contributed by atoms with Gasteiger partial charge in [-0.2, -0.15) is 0 Å². The molecule has 0 aromatic carbocycles. The van der Waals surface area contributed by atoms with Crippen LogP contribution in [0.3, 0.4) is 0 Å². The number of ether oxygens (including phenoxy) is 2. The summed E-state index contributed by atoms with van der Waals surface area (Å²) in [7, 11) is 0. The van der Waals surface area contributed by atoms with Gasteiger partial charge in [-0.3, -0.25) is 9.78 Å². The van der Waals surface area contributed by atoms with Gasteiger partial charge >= 0.3 is 0 Å². The minimum Gasteiger partial charge on any atom is -0.374 e. The molecule has 25 heavy (non-hydrogen) atoms. The highest BCUT2D eigenvalue weighted by molar-refractivity contribution is 5.94. The predicted octanol–water partition coefficient (Wildman–Crippen LogP) is 1.57. The molecule has 136 valence electrons. The van der Waals surface area contributed by atoms with E-state index in [0.29, 0.717) is 18.7 Å². The minimum atomic E-state index is 0.00736. The fourth-order valence-electron chi connectivity index (χ4n) is 4.34. The number of carbonyl (C=O) groups excluding carboxylic acids is 1. The van der Waals surface area contributed by atoms with Crippen LogP contribution in [-0.2, 0) is 9.47 Å². The third-order valence-electron chi connectivity index (χ3n) is 5.64. The van der Waals surface area contributed by atoms with Gasteiger partial charge in [-0.15, -0.1) is 0 Å². The van der Waals surface area contributed by atoms with E-state index in [1.165, 1.54) is 25.9 Å². The van der Waals surface area contributed by atoms with Crippen LogP contribution in [0.4, 0.5) is 0 Å². The lowest BCUT2D eigenvalue weighted by atomic mass is 10.1. The van der Waals surface area contributed by atoms with Gasteiger partial charge in [0.15, 0.2) is 0 Å². The first kappa shape index (κ1) is 16.9. The zero-order valence-electron chi connectivity index (χ0n) is 14.7. The number of pyridine rings is 1. The number of aromatic nitrogens is 1. The van der Waals surface area contributed by atoms with Crippen molar-refractivity contribution < 1.29 is 14.3 Å². The van der Waals surface area contributed by atoms with E-state index in [9.17, 15) is 4.79 Å². The smallest absolute Gasteiger partial charge is 0.255 e. The highest BCUT2D eigenvalue weighted by Gasteiger charge is 2.45. The minimum absolute atomic E-state index is 0.00736. The van der Waals surface area contributed by atoms with Crippen LogP contribution in [-0.4, -0.2) is 78.3 Å². The Labute approximate surface area is 149 Å². The van der Waals surface area contributed by atoms with Crippen molar-refractivity contribution in [2.24, 2.45) is 0 Å². The number of nitrogens with zero attached hydrogens (tertiary/aromatic N) is 3. The molecule has 0 spiro atoms. The number of fused-ring (bicyclic) bond motifs is 1. The molecule has 3 atom stereocenters. The van der Waals surface area contributed by atoms with Gasteiger partial charge in [0.1, 0.15) is 6.10 Å². The Hall–Kier alpha value is -1.50. The molecule has 1 saturated carbocycles. The second-order valence-corrected chi connectivity index (χ2v) is 7.18. The zero-order valence-corrected chi connectivity index (χ0v) is 14.7. The maximum absolute atomic E-state index is 12.8. The normalized spacial score (nSPS) is 29.8. The van der Waals surface area contributed by atoms with Crippen molar-refractivity contribution in [3.8, 4) is 0 Å². The van der Waals surface area contributed by atoms with Crippen LogP contribution in [0, 0.1) is 0 Å². The Morgan fingerprint density at radius 1 is 1.28 bits per heavy atom. The van der Waals surface area contributed by atoms with Gasteiger partial charge in [0.05, 0.1) is 30.9 Å². The lowest BCUT2D eigenvalue weighted by Crippen LogP contribution is -2.54. The van der Waals surface area contributed by atoms with Crippen molar-refractivity contribution in [1.29, 1.82) is 0 Å². The molecule has 2 aliphatic heterocycles. The molecule has 3 heterocycles. The molecule has 4 rings (SSSR count). The van der Waals surface area contributed by atoms with E-state index >= 15 is 0 Å². The standard InChI is InChI=1S/C19H27N3O3/c23-19(15-4-3-7-20-14-15)22-11-13-25-18-16(22)5-6-17(18)24-12-10-21-8-1-2-9-21/h3-4,7,14,16-18H,1-2,5-6,8-13H2/t16-,17+,18+/m0/s1. The van der Waals surface area contributed by atoms with Gasteiger partial charge in [0.25, 0.3) is 5.91 Å². The van der Waals surface area contributed by atoms with Crippen molar-refractivity contribution in [3.05, 3.63) is 30.1 Å². The summed E-state index contributed by atoms with van der Waals surface area (Å²) in [5, 5.41) is 0. The summed E-state index contributed by atoms with van der Waals surface area (Å²) >= 11 is 0. The molecule has 0 unspecified atom stereocenters. The third-order valence-corrected chi connectivity index (χ3v) is 5.64. The number of carbonyl (C=O) groups is 1. The molecule has 6 heteroatoms. The van der Waals surface area contributed by atoms with E-state index in [1.54, 1.807) is 12.4 Å². The van der Waals surface area contributed by atoms with Crippen molar-refractivity contribution in [3.63, 3.8) is 0 Å². The summed E-state index contributed by atoms with van der Waals surface area (Å²) in [5.74, 6) is 0.0594. The number of amides is 1. The van der Waals surface area contributed by atoms with E-state index < -0.39 is 0 Å². The molecular formula is C19H27N3O3. The molecule has 0 radical (unpaired) electrons. The lowest BCUT2D eigenvalue weighted by Gasteiger charge is -2.39. The molecule has 1 aliphatic carbocycles. The van der Waals surface area contributed by atoms with E-state index in [-0.39, 0.29) is 24.2 Å². The quantitative estimate of drug-likeness (QED) is 0.811. The first-order valence-electron chi connectivity index (χ1n) is 9.49. The topological polar surface area (TPSA) is 54.9 Å². The van der Waals surface area contributed by atoms with Crippen LogP contribution < -0.4 is 0 Å². The van der Waals surface area contributed by atoms with Gasteiger partial charge in [0, 0.05) is 25.5 Å². The average molecular weight is 345 g/mol. The summed E-state index contributed by atoms with van der Waals surface area (Å²) < 4.78 is 12.2. The van der Waals surface area contributed by atoms with Gasteiger partial charge in [-0.25, -0.2) is 0 Å². The van der Waals surface area contributed by atoms with Crippen LogP contribution in [0.5, 0.6) is 0 Å². The Morgan fingerprint density at radius 2 is 2.16 bits per heavy atom. The Morgan fingerprint density at radius 3 is 2.96 bits per heavy atom. The first-order valence-corrected chi connectivity index (χ1v) is 9.49. The summed E-state index contributed by atoms with van der Waals surface area (Å²) in [4.78, 5) is 21.3. The second-order valence-electron chi connectivity index (χ2n) is 7.18. The number of hydrogen-bond acceptors (Lipinski definition) is 5. The summed E-state index contributed by atoms with van der Waals surface area (Å²) in [5.41, 5.74) is 0.654. The largest absolute Gasteiger partial charge is 0.374 e. The lowest BCUT2D eigenvalue weighted by molar-refractivity contribution is -0.106. The van der Waals surface area contributed by atoms with Crippen LogP contribution in [0.25, 0.3) is 0 Å². The fraction of sp³-hybridized carbons (Fsp3) is 0.684. The predicted molar refractivity (Wildman–Crippen MR) is 93.4 cm³/mol. The van der Waals surface area contributed by atoms with Crippen LogP contribution in [0.1, 0.15) is 36.0 Å². The van der Waals surface area contributed by atoms with E-state index in [1.807, 2.05) is 17.0 Å². The third kappa shape index (κ3) is 3.71. The van der Waals surface area contributed by atoms with Crippen LogP contribution >= 0.6 is 0 Å². The molecule has 3 aliphatic rings.